The average molecular weight is 458 g/mol. The molecule has 1 amide bonds. The van der Waals surface area contributed by atoms with Gasteiger partial charge in [-0.1, -0.05) is 54.6 Å². The second kappa shape index (κ2) is 9.36. The standard InChI is InChI=1S/C26H35NO4S/c1-25(2,3)32(30,31)19-21-14-16-27(17-15-21)24(28)18-20-10-12-23(13-11-20)26(4,29)22-8-6-5-7-9-22/h5-13,21,29H,14-19H2,1-4H3. The van der Waals surface area contributed by atoms with E-state index in [-0.39, 0.29) is 17.6 Å². The molecule has 1 fully saturated rings. The third-order valence-corrected chi connectivity index (χ3v) is 9.34. The van der Waals surface area contributed by atoms with Crippen molar-refractivity contribution in [2.24, 2.45) is 5.92 Å². The van der Waals surface area contributed by atoms with Gasteiger partial charge < -0.3 is 10.0 Å². The number of likely N-dealkylation sites (tertiary alicyclic amines) is 1. The van der Waals surface area contributed by atoms with E-state index < -0.39 is 20.2 Å². The number of nitrogens with zero attached hydrogens (tertiary/aromatic N) is 1. The van der Waals surface area contributed by atoms with Crippen LogP contribution in [0.2, 0.25) is 0 Å². The normalized spacial score (nSPS) is 17.7. The number of rotatable bonds is 6. The van der Waals surface area contributed by atoms with Gasteiger partial charge in [0.1, 0.15) is 5.60 Å². The zero-order valence-corrected chi connectivity index (χ0v) is 20.4. The van der Waals surface area contributed by atoms with Gasteiger partial charge >= 0.3 is 0 Å². The van der Waals surface area contributed by atoms with Crippen LogP contribution in [0.5, 0.6) is 0 Å². The molecule has 0 radical (unpaired) electrons. The predicted molar refractivity (Wildman–Crippen MR) is 128 cm³/mol. The van der Waals surface area contributed by atoms with Gasteiger partial charge in [0, 0.05) is 13.1 Å². The minimum Gasteiger partial charge on any atom is -0.381 e. The average Bonchev–Trinajstić information content (AvgIpc) is 2.74. The highest BCUT2D eigenvalue weighted by atomic mass is 32.2. The monoisotopic (exact) mass is 457 g/mol. The fourth-order valence-electron chi connectivity index (χ4n) is 4.07. The Morgan fingerprint density at radius 1 is 0.938 bits per heavy atom. The Morgan fingerprint density at radius 3 is 2.00 bits per heavy atom. The number of piperidine rings is 1. The first-order valence-electron chi connectivity index (χ1n) is 11.3. The molecule has 6 heteroatoms. The first-order chi connectivity index (χ1) is 14.9. The summed E-state index contributed by atoms with van der Waals surface area (Å²) in [5.41, 5.74) is 1.40. The van der Waals surface area contributed by atoms with Gasteiger partial charge in [-0.3, -0.25) is 4.79 Å². The first kappa shape index (κ1) is 24.5. The Kier molecular flexibility index (Phi) is 7.15. The molecule has 0 spiro atoms. The van der Waals surface area contributed by atoms with Crippen LogP contribution in [0.4, 0.5) is 0 Å². The molecule has 2 aromatic rings. The molecule has 1 atom stereocenters. The number of benzene rings is 2. The molecule has 1 saturated heterocycles. The summed E-state index contributed by atoms with van der Waals surface area (Å²) < 4.78 is 24.2. The summed E-state index contributed by atoms with van der Waals surface area (Å²) in [6.45, 7) is 8.20. The van der Waals surface area contributed by atoms with Gasteiger partial charge in [-0.05, 0) is 63.1 Å². The van der Waals surface area contributed by atoms with Crippen LogP contribution in [0.1, 0.15) is 57.2 Å². The number of aliphatic hydroxyl groups is 1. The van der Waals surface area contributed by atoms with E-state index in [2.05, 4.69) is 0 Å². The lowest BCUT2D eigenvalue weighted by Gasteiger charge is -2.33. The SMILES string of the molecule is CC(O)(c1ccccc1)c1ccc(CC(=O)N2CCC(CS(=O)(=O)C(C)(C)C)CC2)cc1. The van der Waals surface area contributed by atoms with Crippen LogP contribution in [-0.2, 0) is 26.7 Å². The van der Waals surface area contributed by atoms with Crippen molar-refractivity contribution in [3.8, 4) is 0 Å². The molecule has 0 bridgehead atoms. The number of amides is 1. The van der Waals surface area contributed by atoms with E-state index in [9.17, 15) is 18.3 Å². The largest absolute Gasteiger partial charge is 0.381 e. The van der Waals surface area contributed by atoms with E-state index in [1.54, 1.807) is 27.7 Å². The molecule has 2 aromatic carbocycles. The second-order valence-electron chi connectivity index (χ2n) is 10.0. The smallest absolute Gasteiger partial charge is 0.226 e. The molecule has 1 aliphatic rings. The Balaban J connectivity index is 1.56. The summed E-state index contributed by atoms with van der Waals surface area (Å²) in [4.78, 5) is 14.6. The summed E-state index contributed by atoms with van der Waals surface area (Å²) >= 11 is 0. The molecule has 5 nitrogen and oxygen atoms in total. The Labute approximate surface area is 192 Å². The van der Waals surface area contributed by atoms with E-state index in [4.69, 9.17) is 0 Å². The van der Waals surface area contributed by atoms with Crippen molar-refractivity contribution in [3.63, 3.8) is 0 Å². The summed E-state index contributed by atoms with van der Waals surface area (Å²) in [5.74, 6) is 0.369. The number of hydrogen-bond acceptors (Lipinski definition) is 4. The minimum atomic E-state index is -3.14. The molecule has 1 N–H and O–H groups in total. The van der Waals surface area contributed by atoms with Crippen LogP contribution >= 0.6 is 0 Å². The van der Waals surface area contributed by atoms with Crippen molar-refractivity contribution in [1.82, 2.24) is 4.90 Å². The molecule has 0 aromatic heterocycles. The van der Waals surface area contributed by atoms with Gasteiger partial charge in [0.05, 0.1) is 16.9 Å². The summed E-state index contributed by atoms with van der Waals surface area (Å²) in [7, 11) is -3.14. The summed E-state index contributed by atoms with van der Waals surface area (Å²) in [6.07, 6.45) is 1.75. The summed E-state index contributed by atoms with van der Waals surface area (Å²) in [5, 5.41) is 11.0. The minimum absolute atomic E-state index is 0.0599. The van der Waals surface area contributed by atoms with Crippen molar-refractivity contribution < 1.29 is 18.3 Å². The van der Waals surface area contributed by atoms with Gasteiger partial charge in [-0.15, -0.1) is 0 Å². The lowest BCUT2D eigenvalue weighted by Crippen LogP contribution is -2.42. The maximum Gasteiger partial charge on any atom is 0.226 e. The fourth-order valence-corrected chi connectivity index (χ4v) is 5.53. The van der Waals surface area contributed by atoms with Gasteiger partial charge in [-0.25, -0.2) is 8.42 Å². The summed E-state index contributed by atoms with van der Waals surface area (Å²) in [6, 6.07) is 17.1. The molecule has 3 rings (SSSR count). The quantitative estimate of drug-likeness (QED) is 0.713. The van der Waals surface area contributed by atoms with E-state index >= 15 is 0 Å². The molecule has 0 saturated carbocycles. The molecular formula is C26H35NO4S. The van der Waals surface area contributed by atoms with Crippen molar-refractivity contribution in [1.29, 1.82) is 0 Å². The van der Waals surface area contributed by atoms with Crippen LogP contribution in [0, 0.1) is 5.92 Å². The van der Waals surface area contributed by atoms with Crippen molar-refractivity contribution in [2.45, 2.75) is 57.3 Å². The third kappa shape index (κ3) is 5.59. The molecule has 1 unspecified atom stereocenters. The van der Waals surface area contributed by atoms with Gasteiger partial charge in [0.2, 0.25) is 5.91 Å². The van der Waals surface area contributed by atoms with Gasteiger partial charge in [-0.2, -0.15) is 0 Å². The number of hydrogen-bond donors (Lipinski definition) is 1. The second-order valence-corrected chi connectivity index (χ2v) is 12.8. The zero-order chi connectivity index (χ0) is 23.6. The maximum absolute atomic E-state index is 12.8. The molecule has 1 aliphatic heterocycles. The molecule has 174 valence electrons. The molecule has 0 aliphatic carbocycles. The van der Waals surface area contributed by atoms with Crippen LogP contribution in [0.15, 0.2) is 54.6 Å². The number of carbonyl (C=O) groups excluding carboxylic acids is 1. The van der Waals surface area contributed by atoms with Crippen LogP contribution in [0.25, 0.3) is 0 Å². The van der Waals surface area contributed by atoms with Gasteiger partial charge in [0.25, 0.3) is 0 Å². The number of sulfone groups is 1. The van der Waals surface area contributed by atoms with E-state index in [0.717, 1.165) is 29.5 Å². The highest BCUT2D eigenvalue weighted by Crippen LogP contribution is 2.29. The Bertz CT molecular complexity index is 1010. The van der Waals surface area contributed by atoms with Crippen molar-refractivity contribution in [2.75, 3.05) is 18.8 Å². The highest BCUT2D eigenvalue weighted by Gasteiger charge is 2.33. The van der Waals surface area contributed by atoms with Crippen LogP contribution in [-0.4, -0.2) is 47.9 Å². The topological polar surface area (TPSA) is 74.7 Å². The molecular weight excluding hydrogens is 422 g/mol. The van der Waals surface area contributed by atoms with Crippen LogP contribution in [0.3, 0.4) is 0 Å². The van der Waals surface area contributed by atoms with E-state index in [1.165, 1.54) is 0 Å². The zero-order valence-electron chi connectivity index (χ0n) is 19.5. The van der Waals surface area contributed by atoms with Gasteiger partial charge in [0.15, 0.2) is 9.84 Å². The Hall–Kier alpha value is -2.18. The van der Waals surface area contributed by atoms with Crippen molar-refractivity contribution >= 4 is 15.7 Å². The van der Waals surface area contributed by atoms with E-state index in [0.29, 0.717) is 19.5 Å². The number of carbonyl (C=O) groups is 1. The fraction of sp³-hybridized carbons (Fsp3) is 0.500. The predicted octanol–water partition coefficient (Wildman–Crippen LogP) is 3.94. The maximum atomic E-state index is 12.8. The first-order valence-corrected chi connectivity index (χ1v) is 12.9. The molecule has 32 heavy (non-hydrogen) atoms. The highest BCUT2D eigenvalue weighted by molar-refractivity contribution is 7.92. The Morgan fingerprint density at radius 2 is 1.47 bits per heavy atom. The van der Waals surface area contributed by atoms with Crippen molar-refractivity contribution in [3.05, 3.63) is 71.3 Å². The third-order valence-electron chi connectivity index (χ3n) is 6.56. The lowest BCUT2D eigenvalue weighted by atomic mass is 9.87. The lowest BCUT2D eigenvalue weighted by molar-refractivity contribution is -0.131. The van der Waals surface area contributed by atoms with E-state index in [1.807, 2.05) is 59.5 Å². The van der Waals surface area contributed by atoms with Crippen LogP contribution < -0.4 is 0 Å². The molecule has 1 heterocycles.